The lowest BCUT2D eigenvalue weighted by Crippen LogP contribution is -2.66. The number of sulfonamides is 1. The van der Waals surface area contributed by atoms with E-state index in [0.29, 0.717) is 43.1 Å². The number of carbonyl (C=O) groups excluding carboxylic acids is 1. The second-order valence-corrected chi connectivity index (χ2v) is 14.4. The lowest BCUT2D eigenvalue weighted by atomic mass is 9.62. The van der Waals surface area contributed by atoms with Gasteiger partial charge in [0.25, 0.3) is 5.56 Å². The van der Waals surface area contributed by atoms with Gasteiger partial charge in [0, 0.05) is 60.7 Å². The van der Waals surface area contributed by atoms with Gasteiger partial charge in [0.2, 0.25) is 10.0 Å². The summed E-state index contributed by atoms with van der Waals surface area (Å²) in [5.41, 5.74) is -0.0925. The Morgan fingerprint density at radius 1 is 1.02 bits per heavy atom. The van der Waals surface area contributed by atoms with Crippen LogP contribution in [0.4, 0.5) is 19.3 Å². The third-order valence-electron chi connectivity index (χ3n) is 7.55. The molecule has 44 heavy (non-hydrogen) atoms. The van der Waals surface area contributed by atoms with Crippen LogP contribution >= 0.6 is 0 Å². The number of benzene rings is 2. The van der Waals surface area contributed by atoms with Gasteiger partial charge in [0.05, 0.1) is 5.75 Å². The summed E-state index contributed by atoms with van der Waals surface area (Å²) in [6, 6.07) is 8.64. The molecule has 1 spiro atoms. The molecule has 2 fully saturated rings. The minimum atomic E-state index is -3.64. The SMILES string of the molecule is CCS(=O)(=O)Nc1ccc(Oc2ccc(F)cc2F)c(-c2cn(C)c(=O)cc2OC2CC3(C2)CN(C(=O)OC(C)(C)C)C3)c1. The van der Waals surface area contributed by atoms with Gasteiger partial charge in [0.15, 0.2) is 11.6 Å². The highest BCUT2D eigenvalue weighted by Gasteiger charge is 2.55. The average Bonchev–Trinajstić information content (AvgIpc) is 2.87. The third-order valence-corrected chi connectivity index (χ3v) is 8.85. The smallest absolute Gasteiger partial charge is 0.410 e. The molecule has 236 valence electrons. The van der Waals surface area contributed by atoms with Crippen LogP contribution in [0.15, 0.2) is 53.5 Å². The highest BCUT2D eigenvalue weighted by Crippen LogP contribution is 2.51. The predicted octanol–water partition coefficient (Wildman–Crippen LogP) is 5.66. The lowest BCUT2D eigenvalue weighted by Gasteiger charge is -2.58. The summed E-state index contributed by atoms with van der Waals surface area (Å²) in [5, 5.41) is 0. The van der Waals surface area contributed by atoms with Crippen molar-refractivity contribution >= 4 is 21.8 Å². The molecule has 13 heteroatoms. The Morgan fingerprint density at radius 2 is 1.70 bits per heavy atom. The van der Waals surface area contributed by atoms with Gasteiger partial charge in [-0.25, -0.2) is 22.0 Å². The topological polar surface area (TPSA) is 116 Å². The number of halogens is 2. The van der Waals surface area contributed by atoms with Crippen molar-refractivity contribution in [2.24, 2.45) is 12.5 Å². The maximum absolute atomic E-state index is 14.6. The first-order valence-corrected chi connectivity index (χ1v) is 15.8. The van der Waals surface area contributed by atoms with Crippen molar-refractivity contribution in [2.75, 3.05) is 23.6 Å². The zero-order chi connectivity index (χ0) is 32.0. The zero-order valence-electron chi connectivity index (χ0n) is 25.1. The maximum atomic E-state index is 14.6. The Kier molecular flexibility index (Phi) is 8.12. The molecule has 0 atom stereocenters. The number of ether oxygens (including phenoxy) is 3. The second kappa shape index (κ2) is 11.4. The summed E-state index contributed by atoms with van der Waals surface area (Å²) < 4.78 is 74.2. The summed E-state index contributed by atoms with van der Waals surface area (Å²) in [7, 11) is -2.09. The standard InChI is InChI=1S/C31H35F2N3O7S/c1-6-44(39,40)34-20-8-10-25(42-26-9-7-19(32)11-24(26)33)22(12-20)23-16-35(5)28(37)13-27(23)41-21-14-31(15-21)17-36(18-31)29(38)43-30(2,3)4/h7-13,16,21,34H,6,14-15,17-18H2,1-5H3. The molecule has 0 radical (unpaired) electrons. The number of likely N-dealkylation sites (tertiary alicyclic amines) is 1. The number of amides is 1. The van der Waals surface area contributed by atoms with Crippen molar-refractivity contribution < 1.29 is 36.2 Å². The Bertz CT molecular complexity index is 1750. The van der Waals surface area contributed by atoms with E-state index in [1.807, 2.05) is 20.8 Å². The minimum Gasteiger partial charge on any atom is -0.489 e. The molecule has 2 aromatic carbocycles. The number of nitrogens with zero attached hydrogens (tertiary/aromatic N) is 2. The molecule has 3 aromatic rings. The van der Waals surface area contributed by atoms with E-state index < -0.39 is 27.3 Å². The molecular formula is C31H35F2N3O7S. The Labute approximate surface area is 254 Å². The van der Waals surface area contributed by atoms with Crippen molar-refractivity contribution in [1.82, 2.24) is 9.47 Å². The maximum Gasteiger partial charge on any atom is 0.410 e. The van der Waals surface area contributed by atoms with Gasteiger partial charge >= 0.3 is 6.09 Å². The highest BCUT2D eigenvalue weighted by atomic mass is 32.2. The highest BCUT2D eigenvalue weighted by molar-refractivity contribution is 7.92. The largest absolute Gasteiger partial charge is 0.489 e. The van der Waals surface area contributed by atoms with Gasteiger partial charge in [-0.15, -0.1) is 0 Å². The van der Waals surface area contributed by atoms with E-state index in [4.69, 9.17) is 14.2 Å². The van der Waals surface area contributed by atoms with Gasteiger partial charge in [0.1, 0.15) is 29.0 Å². The van der Waals surface area contributed by atoms with Crippen molar-refractivity contribution in [1.29, 1.82) is 0 Å². The summed E-state index contributed by atoms with van der Waals surface area (Å²) in [6.07, 6.45) is 2.23. The molecule has 0 bridgehead atoms. The van der Waals surface area contributed by atoms with E-state index in [2.05, 4.69) is 4.72 Å². The number of carbonyl (C=O) groups is 1. The first-order chi connectivity index (χ1) is 20.6. The molecule has 2 heterocycles. The van der Waals surface area contributed by atoms with Crippen LogP contribution < -0.4 is 19.8 Å². The number of pyridine rings is 1. The Morgan fingerprint density at radius 3 is 2.34 bits per heavy atom. The number of rotatable bonds is 8. The van der Waals surface area contributed by atoms with Gasteiger partial charge in [-0.3, -0.25) is 9.52 Å². The van der Waals surface area contributed by atoms with E-state index in [1.54, 1.807) is 11.9 Å². The van der Waals surface area contributed by atoms with Crippen molar-refractivity contribution in [2.45, 2.75) is 52.2 Å². The van der Waals surface area contributed by atoms with E-state index in [1.165, 1.54) is 42.0 Å². The molecule has 2 aliphatic rings. The first kappa shape index (κ1) is 31.3. The Balaban J connectivity index is 1.43. The van der Waals surface area contributed by atoms with E-state index >= 15 is 0 Å². The normalized spacial score (nSPS) is 16.2. The molecule has 1 aliphatic carbocycles. The molecule has 1 saturated carbocycles. The molecule has 1 amide bonds. The molecule has 10 nitrogen and oxygen atoms in total. The molecule has 1 aromatic heterocycles. The van der Waals surface area contributed by atoms with E-state index in [0.717, 1.165) is 12.1 Å². The number of hydrogen-bond acceptors (Lipinski definition) is 7. The monoisotopic (exact) mass is 631 g/mol. The van der Waals surface area contributed by atoms with E-state index in [9.17, 15) is 26.8 Å². The fourth-order valence-electron chi connectivity index (χ4n) is 5.38. The number of aryl methyl sites for hydroxylation is 1. The van der Waals surface area contributed by atoms with Crippen molar-refractivity contribution in [3.63, 3.8) is 0 Å². The van der Waals surface area contributed by atoms with Crippen LogP contribution in [0, 0.1) is 17.0 Å². The van der Waals surface area contributed by atoms with Gasteiger partial charge in [-0.05, 0) is 70.9 Å². The predicted molar refractivity (Wildman–Crippen MR) is 161 cm³/mol. The molecular weight excluding hydrogens is 596 g/mol. The summed E-state index contributed by atoms with van der Waals surface area (Å²) in [6.45, 7) is 8.04. The second-order valence-electron chi connectivity index (χ2n) is 12.4. The van der Waals surface area contributed by atoms with Gasteiger partial charge in [-0.2, -0.15) is 0 Å². The van der Waals surface area contributed by atoms with Crippen LogP contribution in [0.3, 0.4) is 0 Å². The Hall–Kier alpha value is -4.13. The van der Waals surface area contributed by atoms with Crippen LogP contribution in [0.1, 0.15) is 40.5 Å². The number of anilines is 1. The fraction of sp³-hybridized carbons (Fsp3) is 0.419. The summed E-state index contributed by atoms with van der Waals surface area (Å²) in [5.74, 6) is -1.75. The number of aromatic nitrogens is 1. The average molecular weight is 632 g/mol. The molecule has 1 aliphatic heterocycles. The van der Waals surface area contributed by atoms with Crippen LogP contribution in [-0.4, -0.2) is 54.5 Å². The fourth-order valence-corrected chi connectivity index (χ4v) is 6.01. The van der Waals surface area contributed by atoms with Gasteiger partial charge in [-0.1, -0.05) is 0 Å². The van der Waals surface area contributed by atoms with Gasteiger partial charge < -0.3 is 23.7 Å². The molecule has 0 unspecified atom stereocenters. The molecule has 1 N–H and O–H groups in total. The first-order valence-electron chi connectivity index (χ1n) is 14.2. The molecule has 5 rings (SSSR count). The zero-order valence-corrected chi connectivity index (χ0v) is 26.0. The van der Waals surface area contributed by atoms with E-state index in [-0.39, 0.29) is 51.9 Å². The van der Waals surface area contributed by atoms with Crippen molar-refractivity contribution in [3.05, 3.63) is 70.6 Å². The third kappa shape index (κ3) is 6.82. The lowest BCUT2D eigenvalue weighted by molar-refractivity contribution is -0.116. The van der Waals surface area contributed by atoms with Crippen LogP contribution in [-0.2, 0) is 21.8 Å². The quantitative estimate of drug-likeness (QED) is 0.341. The van der Waals surface area contributed by atoms with Crippen LogP contribution in [0.2, 0.25) is 0 Å². The number of nitrogens with one attached hydrogen (secondary N) is 1. The number of hydrogen-bond donors (Lipinski definition) is 1. The van der Waals surface area contributed by atoms with Crippen molar-refractivity contribution in [3.8, 4) is 28.4 Å². The van der Waals surface area contributed by atoms with Crippen LogP contribution in [0.5, 0.6) is 17.2 Å². The summed E-state index contributed by atoms with van der Waals surface area (Å²) >= 11 is 0. The molecule has 1 saturated heterocycles. The minimum absolute atomic E-state index is 0.0891. The summed E-state index contributed by atoms with van der Waals surface area (Å²) in [4.78, 5) is 26.7. The van der Waals surface area contributed by atoms with Crippen LogP contribution in [0.25, 0.3) is 11.1 Å².